The SMILES string of the molecule is CCOC(=O)C1=C(CN2CCN(S(=O)(=O)c3ccc(Cl)cc3)CC2)N(C)C(=O)NC1c1cccc(C)c1. The van der Waals surface area contributed by atoms with Crippen molar-refractivity contribution in [2.45, 2.75) is 24.8 Å². The Kier molecular flexibility index (Phi) is 8.23. The number of aryl methyl sites for hydroxylation is 1. The van der Waals surface area contributed by atoms with Gasteiger partial charge in [0.05, 0.1) is 23.1 Å². The first-order chi connectivity index (χ1) is 17.6. The summed E-state index contributed by atoms with van der Waals surface area (Å²) in [6.07, 6.45) is 0. The first kappa shape index (κ1) is 27.1. The van der Waals surface area contributed by atoms with E-state index in [2.05, 4.69) is 5.32 Å². The molecule has 2 aromatic carbocycles. The summed E-state index contributed by atoms with van der Waals surface area (Å²) in [5.74, 6) is -0.486. The Morgan fingerprint density at radius 1 is 1.11 bits per heavy atom. The van der Waals surface area contributed by atoms with E-state index in [4.69, 9.17) is 16.3 Å². The maximum atomic E-state index is 13.2. The summed E-state index contributed by atoms with van der Waals surface area (Å²) in [6.45, 7) is 5.64. The minimum absolute atomic E-state index is 0.197. The second kappa shape index (κ2) is 11.2. The molecule has 2 aliphatic rings. The van der Waals surface area contributed by atoms with E-state index in [9.17, 15) is 18.0 Å². The van der Waals surface area contributed by atoms with Crippen molar-refractivity contribution in [1.82, 2.24) is 19.4 Å². The third kappa shape index (κ3) is 5.82. The smallest absolute Gasteiger partial charge is 0.338 e. The first-order valence-electron chi connectivity index (χ1n) is 12.1. The van der Waals surface area contributed by atoms with Crippen molar-refractivity contribution in [2.75, 3.05) is 46.4 Å². The van der Waals surface area contributed by atoms with Gasteiger partial charge in [0, 0.05) is 50.5 Å². The van der Waals surface area contributed by atoms with E-state index in [0.29, 0.717) is 35.9 Å². The molecule has 1 saturated heterocycles. The highest BCUT2D eigenvalue weighted by molar-refractivity contribution is 7.89. The summed E-state index contributed by atoms with van der Waals surface area (Å²) in [5.41, 5.74) is 2.72. The van der Waals surface area contributed by atoms with Crippen LogP contribution in [0.2, 0.25) is 5.02 Å². The number of carbonyl (C=O) groups is 2. The Labute approximate surface area is 222 Å². The molecule has 198 valence electrons. The fourth-order valence-corrected chi connectivity index (χ4v) is 6.14. The summed E-state index contributed by atoms with van der Waals surface area (Å²) >= 11 is 5.91. The van der Waals surface area contributed by atoms with Crippen LogP contribution in [0.25, 0.3) is 0 Å². The Balaban J connectivity index is 1.59. The molecule has 2 amide bonds. The van der Waals surface area contributed by atoms with E-state index < -0.39 is 22.0 Å². The molecular weight excluding hydrogens is 516 g/mol. The predicted molar refractivity (Wildman–Crippen MR) is 141 cm³/mol. The first-order valence-corrected chi connectivity index (χ1v) is 13.9. The molecule has 0 aliphatic carbocycles. The van der Waals surface area contributed by atoms with Gasteiger partial charge in [-0.15, -0.1) is 0 Å². The number of nitrogens with zero attached hydrogens (tertiary/aromatic N) is 3. The number of benzene rings is 2. The number of halogens is 1. The number of urea groups is 1. The average molecular weight is 547 g/mol. The zero-order chi connectivity index (χ0) is 26.7. The number of hydrogen-bond acceptors (Lipinski definition) is 6. The van der Waals surface area contributed by atoms with Crippen molar-refractivity contribution in [3.05, 3.63) is 76.0 Å². The van der Waals surface area contributed by atoms with Crippen LogP contribution in [0.3, 0.4) is 0 Å². The fourth-order valence-electron chi connectivity index (χ4n) is 4.59. The van der Waals surface area contributed by atoms with Gasteiger partial charge in [-0.2, -0.15) is 4.31 Å². The lowest BCUT2D eigenvalue weighted by Gasteiger charge is -2.39. The van der Waals surface area contributed by atoms with Crippen LogP contribution >= 0.6 is 11.6 Å². The molecule has 2 heterocycles. The third-order valence-corrected chi connectivity index (χ3v) is 8.77. The lowest BCUT2D eigenvalue weighted by Crippen LogP contribution is -2.53. The van der Waals surface area contributed by atoms with Crippen LogP contribution in [0.1, 0.15) is 24.1 Å². The van der Waals surface area contributed by atoms with Crippen molar-refractivity contribution < 1.29 is 22.7 Å². The van der Waals surface area contributed by atoms with Gasteiger partial charge in [-0.05, 0) is 43.7 Å². The number of likely N-dealkylation sites (N-methyl/N-ethyl adjacent to an activating group) is 1. The molecule has 1 unspecified atom stereocenters. The second-order valence-corrected chi connectivity index (χ2v) is 11.4. The van der Waals surface area contributed by atoms with Gasteiger partial charge >= 0.3 is 12.0 Å². The molecule has 37 heavy (non-hydrogen) atoms. The number of carbonyl (C=O) groups excluding carboxylic acids is 2. The molecule has 0 spiro atoms. The Bertz CT molecular complexity index is 1300. The van der Waals surface area contributed by atoms with E-state index in [1.54, 1.807) is 26.1 Å². The molecule has 9 nitrogen and oxygen atoms in total. The highest BCUT2D eigenvalue weighted by Crippen LogP contribution is 2.32. The molecule has 1 N–H and O–H groups in total. The number of amides is 2. The molecule has 2 aliphatic heterocycles. The molecule has 11 heteroatoms. The number of sulfonamides is 1. The molecule has 0 radical (unpaired) electrons. The van der Waals surface area contributed by atoms with Crippen LogP contribution in [0.15, 0.2) is 64.7 Å². The van der Waals surface area contributed by atoms with Crippen molar-refractivity contribution in [3.63, 3.8) is 0 Å². The quantitative estimate of drug-likeness (QED) is 0.536. The van der Waals surface area contributed by atoms with Gasteiger partial charge in [0.2, 0.25) is 10.0 Å². The van der Waals surface area contributed by atoms with Gasteiger partial charge < -0.3 is 10.1 Å². The normalized spacial score (nSPS) is 19.6. The van der Waals surface area contributed by atoms with Crippen LogP contribution in [-0.4, -0.2) is 80.9 Å². The maximum absolute atomic E-state index is 13.2. The summed E-state index contributed by atoms with van der Waals surface area (Å²) in [4.78, 5) is 29.8. The van der Waals surface area contributed by atoms with E-state index >= 15 is 0 Å². The Morgan fingerprint density at radius 2 is 1.78 bits per heavy atom. The second-order valence-electron chi connectivity index (χ2n) is 9.07. The summed E-state index contributed by atoms with van der Waals surface area (Å²) in [5, 5.41) is 3.40. The van der Waals surface area contributed by atoms with Gasteiger partial charge in [-0.3, -0.25) is 9.80 Å². The minimum atomic E-state index is -3.65. The number of nitrogens with one attached hydrogen (secondary N) is 1. The molecule has 2 aromatic rings. The molecule has 1 fully saturated rings. The van der Waals surface area contributed by atoms with Crippen molar-refractivity contribution in [2.24, 2.45) is 0 Å². The monoisotopic (exact) mass is 546 g/mol. The standard InChI is InChI=1S/C26H31ClN4O5S/c1-4-36-25(32)23-22(29(3)26(33)28-24(23)19-7-5-6-18(2)16-19)17-30-12-14-31(15-13-30)37(34,35)21-10-8-20(27)9-11-21/h5-11,16,24H,4,12-15,17H2,1-3H3,(H,28,33). The van der Waals surface area contributed by atoms with Crippen molar-refractivity contribution in [1.29, 1.82) is 0 Å². The number of rotatable bonds is 7. The number of ether oxygens (including phenoxy) is 1. The van der Waals surface area contributed by atoms with E-state index in [1.165, 1.54) is 21.3 Å². The predicted octanol–water partition coefficient (Wildman–Crippen LogP) is 3.17. The Hall–Kier alpha value is -2.92. The minimum Gasteiger partial charge on any atom is -0.463 e. The van der Waals surface area contributed by atoms with Crippen LogP contribution < -0.4 is 5.32 Å². The van der Waals surface area contributed by atoms with Crippen LogP contribution in [-0.2, 0) is 19.6 Å². The van der Waals surface area contributed by atoms with Gasteiger partial charge in [-0.25, -0.2) is 18.0 Å². The topological polar surface area (TPSA) is 99.3 Å². The third-order valence-electron chi connectivity index (χ3n) is 6.60. The highest BCUT2D eigenvalue weighted by Gasteiger charge is 2.38. The van der Waals surface area contributed by atoms with Crippen LogP contribution in [0, 0.1) is 6.92 Å². The van der Waals surface area contributed by atoms with Crippen molar-refractivity contribution in [3.8, 4) is 0 Å². The molecule has 4 rings (SSSR count). The number of hydrogen-bond donors (Lipinski definition) is 1. The van der Waals surface area contributed by atoms with Crippen molar-refractivity contribution >= 4 is 33.6 Å². The zero-order valence-corrected chi connectivity index (χ0v) is 22.7. The zero-order valence-electron chi connectivity index (χ0n) is 21.1. The number of esters is 1. The van der Waals surface area contributed by atoms with Crippen LogP contribution in [0.5, 0.6) is 0 Å². The van der Waals surface area contributed by atoms with Gasteiger partial charge in [0.1, 0.15) is 0 Å². The number of piperazine rings is 1. The molecular formula is C26H31ClN4O5S. The fraction of sp³-hybridized carbons (Fsp3) is 0.385. The van der Waals surface area contributed by atoms with E-state index in [-0.39, 0.29) is 30.6 Å². The molecule has 0 bridgehead atoms. The maximum Gasteiger partial charge on any atom is 0.338 e. The highest BCUT2D eigenvalue weighted by atomic mass is 35.5. The average Bonchev–Trinajstić information content (AvgIpc) is 2.87. The van der Waals surface area contributed by atoms with E-state index in [0.717, 1.165) is 11.1 Å². The Morgan fingerprint density at radius 3 is 2.41 bits per heavy atom. The van der Waals surface area contributed by atoms with Gasteiger partial charge in [0.15, 0.2) is 0 Å². The molecule has 0 saturated carbocycles. The lowest BCUT2D eigenvalue weighted by molar-refractivity contribution is -0.139. The summed E-state index contributed by atoms with van der Waals surface area (Å²) < 4.78 is 33.0. The van der Waals surface area contributed by atoms with Crippen LogP contribution in [0.4, 0.5) is 4.79 Å². The lowest BCUT2D eigenvalue weighted by atomic mass is 9.93. The molecule has 1 atom stereocenters. The summed E-state index contributed by atoms with van der Waals surface area (Å²) in [7, 11) is -2.03. The summed E-state index contributed by atoms with van der Waals surface area (Å²) in [6, 6.07) is 12.8. The largest absolute Gasteiger partial charge is 0.463 e. The van der Waals surface area contributed by atoms with Gasteiger partial charge in [-0.1, -0.05) is 41.4 Å². The molecule has 0 aromatic heterocycles. The van der Waals surface area contributed by atoms with E-state index in [1.807, 2.05) is 36.1 Å². The van der Waals surface area contributed by atoms with Gasteiger partial charge in [0.25, 0.3) is 0 Å².